The highest BCUT2D eigenvalue weighted by molar-refractivity contribution is 5.78. The van der Waals surface area contributed by atoms with Crippen LogP contribution in [0.15, 0.2) is 28.7 Å². The van der Waals surface area contributed by atoms with Gasteiger partial charge >= 0.3 is 0 Å². The Bertz CT molecular complexity index is 564. The molecule has 1 aliphatic heterocycles. The summed E-state index contributed by atoms with van der Waals surface area (Å²) in [5.41, 5.74) is 3.42. The molecule has 1 fully saturated rings. The number of benzene rings is 1. The molecule has 0 saturated carbocycles. The zero-order chi connectivity index (χ0) is 13.2. The number of rotatable bonds is 4. The number of halogens is 1. The molecule has 5 heteroatoms. The number of fused-ring (bicyclic) bond motifs is 1. The van der Waals surface area contributed by atoms with Gasteiger partial charge in [-0.1, -0.05) is 0 Å². The molecule has 102 valence electrons. The van der Waals surface area contributed by atoms with E-state index in [2.05, 4.69) is 5.43 Å². The van der Waals surface area contributed by atoms with Crippen molar-refractivity contribution in [1.82, 2.24) is 5.43 Å². The van der Waals surface area contributed by atoms with Crippen LogP contribution < -0.4 is 11.3 Å². The van der Waals surface area contributed by atoms with Crippen molar-refractivity contribution in [3.05, 3.63) is 35.8 Å². The molecule has 3 N–H and O–H groups in total. The number of hydrazine groups is 1. The topological polar surface area (TPSA) is 60.4 Å². The van der Waals surface area contributed by atoms with Crippen LogP contribution in [0.1, 0.15) is 31.1 Å². The van der Waals surface area contributed by atoms with Crippen molar-refractivity contribution in [3.63, 3.8) is 0 Å². The molecule has 3 rings (SSSR count). The summed E-state index contributed by atoms with van der Waals surface area (Å²) in [5.74, 6) is 6.05. The SMILES string of the molecule is NNC(CC1CCCO1)c1cc2cc(F)ccc2o1. The minimum absolute atomic E-state index is 0.112. The normalized spacial score (nSPS) is 21.1. The Morgan fingerprint density at radius 1 is 1.42 bits per heavy atom. The van der Waals surface area contributed by atoms with E-state index in [-0.39, 0.29) is 18.0 Å². The zero-order valence-electron chi connectivity index (χ0n) is 10.6. The van der Waals surface area contributed by atoms with Crippen LogP contribution in [0.2, 0.25) is 0 Å². The Kier molecular flexibility index (Phi) is 3.50. The molecular weight excluding hydrogens is 247 g/mol. The largest absolute Gasteiger partial charge is 0.459 e. The standard InChI is InChI=1S/C14H17FN2O2/c15-10-3-4-13-9(6-10)7-14(19-13)12(17-16)8-11-2-1-5-18-11/h3-4,6-7,11-12,17H,1-2,5,8,16H2. The van der Waals surface area contributed by atoms with Crippen LogP contribution in [0.25, 0.3) is 11.0 Å². The summed E-state index contributed by atoms with van der Waals surface area (Å²) < 4.78 is 24.5. The third kappa shape index (κ3) is 2.63. The van der Waals surface area contributed by atoms with E-state index in [9.17, 15) is 4.39 Å². The van der Waals surface area contributed by atoms with Crippen molar-refractivity contribution in [3.8, 4) is 0 Å². The molecule has 2 heterocycles. The van der Waals surface area contributed by atoms with Crippen molar-refractivity contribution in [1.29, 1.82) is 0 Å². The monoisotopic (exact) mass is 264 g/mol. The second-order valence-electron chi connectivity index (χ2n) is 4.92. The molecule has 2 aromatic rings. The van der Waals surface area contributed by atoms with Gasteiger partial charge in [-0.2, -0.15) is 0 Å². The Hall–Kier alpha value is -1.43. The maximum Gasteiger partial charge on any atom is 0.134 e. The van der Waals surface area contributed by atoms with E-state index in [1.54, 1.807) is 6.07 Å². The maximum absolute atomic E-state index is 13.2. The smallest absolute Gasteiger partial charge is 0.134 e. The van der Waals surface area contributed by atoms with Crippen LogP contribution in [0.4, 0.5) is 4.39 Å². The predicted octanol–water partition coefficient (Wildman–Crippen LogP) is 2.65. The first-order valence-corrected chi connectivity index (χ1v) is 6.53. The van der Waals surface area contributed by atoms with Gasteiger partial charge in [0.2, 0.25) is 0 Å². The first-order valence-electron chi connectivity index (χ1n) is 6.53. The molecule has 1 aliphatic rings. The molecular formula is C14H17FN2O2. The Morgan fingerprint density at radius 2 is 2.32 bits per heavy atom. The average Bonchev–Trinajstić information content (AvgIpc) is 3.03. The molecule has 2 unspecified atom stereocenters. The summed E-state index contributed by atoms with van der Waals surface area (Å²) in [6.45, 7) is 0.813. The lowest BCUT2D eigenvalue weighted by atomic mass is 10.1. The van der Waals surface area contributed by atoms with Gasteiger partial charge in [0.1, 0.15) is 17.2 Å². The second-order valence-corrected chi connectivity index (χ2v) is 4.92. The number of nitrogens with two attached hydrogens (primary N) is 1. The van der Waals surface area contributed by atoms with Gasteiger partial charge in [0.15, 0.2) is 0 Å². The van der Waals surface area contributed by atoms with E-state index < -0.39 is 0 Å². The highest BCUT2D eigenvalue weighted by atomic mass is 19.1. The molecule has 0 amide bonds. The first kappa shape index (κ1) is 12.6. The van der Waals surface area contributed by atoms with Crippen molar-refractivity contribution in [2.75, 3.05) is 6.61 Å². The zero-order valence-corrected chi connectivity index (χ0v) is 10.6. The van der Waals surface area contributed by atoms with E-state index >= 15 is 0 Å². The summed E-state index contributed by atoms with van der Waals surface area (Å²) in [6, 6.07) is 6.20. The summed E-state index contributed by atoms with van der Waals surface area (Å²) in [4.78, 5) is 0. The fourth-order valence-electron chi connectivity index (χ4n) is 2.57. The molecule has 2 atom stereocenters. The molecule has 0 spiro atoms. The molecule has 1 saturated heterocycles. The van der Waals surface area contributed by atoms with E-state index in [1.165, 1.54) is 12.1 Å². The van der Waals surface area contributed by atoms with Gasteiger partial charge in [0, 0.05) is 12.0 Å². The van der Waals surface area contributed by atoms with Gasteiger partial charge in [-0.15, -0.1) is 0 Å². The summed E-state index contributed by atoms with van der Waals surface area (Å²) in [6.07, 6.45) is 3.12. The van der Waals surface area contributed by atoms with Gasteiger partial charge in [0.25, 0.3) is 0 Å². The first-order chi connectivity index (χ1) is 9.26. The van der Waals surface area contributed by atoms with Crippen molar-refractivity contribution < 1.29 is 13.5 Å². The number of furan rings is 1. The maximum atomic E-state index is 13.2. The van der Waals surface area contributed by atoms with Gasteiger partial charge in [-0.05, 0) is 43.5 Å². The lowest BCUT2D eigenvalue weighted by Crippen LogP contribution is -2.30. The van der Waals surface area contributed by atoms with Crippen LogP contribution in [-0.2, 0) is 4.74 Å². The van der Waals surface area contributed by atoms with Gasteiger partial charge < -0.3 is 9.15 Å². The minimum atomic E-state index is -0.267. The number of hydrogen-bond acceptors (Lipinski definition) is 4. The summed E-state index contributed by atoms with van der Waals surface area (Å²) >= 11 is 0. The summed E-state index contributed by atoms with van der Waals surface area (Å²) in [7, 11) is 0. The lowest BCUT2D eigenvalue weighted by Gasteiger charge is -2.17. The number of hydrogen-bond donors (Lipinski definition) is 2. The minimum Gasteiger partial charge on any atom is -0.459 e. The van der Waals surface area contributed by atoms with Crippen molar-refractivity contribution in [2.24, 2.45) is 5.84 Å². The van der Waals surface area contributed by atoms with Crippen LogP contribution in [0.3, 0.4) is 0 Å². The Balaban J connectivity index is 1.83. The molecule has 0 radical (unpaired) electrons. The quantitative estimate of drug-likeness (QED) is 0.658. The van der Waals surface area contributed by atoms with Gasteiger partial charge in [-0.25, -0.2) is 9.82 Å². The van der Waals surface area contributed by atoms with Crippen LogP contribution in [0, 0.1) is 5.82 Å². The fraction of sp³-hybridized carbons (Fsp3) is 0.429. The molecule has 1 aromatic carbocycles. The van der Waals surface area contributed by atoms with Gasteiger partial charge in [-0.3, -0.25) is 5.84 Å². The molecule has 0 aliphatic carbocycles. The number of ether oxygens (including phenoxy) is 1. The van der Waals surface area contributed by atoms with E-state index in [1.807, 2.05) is 6.07 Å². The van der Waals surface area contributed by atoms with E-state index in [4.69, 9.17) is 15.0 Å². The predicted molar refractivity (Wildman–Crippen MR) is 69.8 cm³/mol. The second kappa shape index (κ2) is 5.28. The van der Waals surface area contributed by atoms with Crippen LogP contribution >= 0.6 is 0 Å². The molecule has 1 aromatic heterocycles. The molecule has 0 bridgehead atoms. The van der Waals surface area contributed by atoms with Crippen molar-refractivity contribution >= 4 is 11.0 Å². The third-order valence-corrected chi connectivity index (χ3v) is 3.56. The van der Waals surface area contributed by atoms with E-state index in [0.29, 0.717) is 5.58 Å². The lowest BCUT2D eigenvalue weighted by molar-refractivity contribution is 0.0922. The van der Waals surface area contributed by atoms with Crippen LogP contribution in [-0.4, -0.2) is 12.7 Å². The summed E-state index contributed by atoms with van der Waals surface area (Å²) in [5, 5.41) is 0.752. The van der Waals surface area contributed by atoms with E-state index in [0.717, 1.165) is 37.0 Å². The molecule has 4 nitrogen and oxygen atoms in total. The number of nitrogens with one attached hydrogen (secondary N) is 1. The fourth-order valence-corrected chi connectivity index (χ4v) is 2.57. The third-order valence-electron chi connectivity index (χ3n) is 3.56. The van der Waals surface area contributed by atoms with Crippen molar-refractivity contribution in [2.45, 2.75) is 31.4 Å². The highest BCUT2D eigenvalue weighted by Crippen LogP contribution is 2.29. The molecule has 19 heavy (non-hydrogen) atoms. The van der Waals surface area contributed by atoms with Crippen LogP contribution in [0.5, 0.6) is 0 Å². The van der Waals surface area contributed by atoms with Gasteiger partial charge in [0.05, 0.1) is 12.1 Å². The highest BCUT2D eigenvalue weighted by Gasteiger charge is 2.23. The average molecular weight is 264 g/mol. The Morgan fingerprint density at radius 3 is 3.05 bits per heavy atom. The Labute approximate surface area is 110 Å².